The van der Waals surface area contributed by atoms with Crippen LogP contribution < -0.4 is 4.74 Å². The molecule has 18 heavy (non-hydrogen) atoms. The molecule has 1 aromatic carbocycles. The normalized spacial score (nSPS) is 10.4. The molecule has 0 atom stereocenters. The van der Waals surface area contributed by atoms with E-state index in [1.54, 1.807) is 0 Å². The van der Waals surface area contributed by atoms with Crippen molar-refractivity contribution in [3.8, 4) is 17.4 Å². The molecular weight excluding hydrogens is 318 g/mol. The highest BCUT2D eigenvalue weighted by molar-refractivity contribution is 9.10. The van der Waals surface area contributed by atoms with Crippen molar-refractivity contribution in [3.05, 3.63) is 34.0 Å². The second kappa shape index (κ2) is 6.11. The van der Waals surface area contributed by atoms with Crippen LogP contribution >= 0.6 is 27.5 Å². The molecule has 0 spiro atoms. The Morgan fingerprint density at radius 2 is 2.11 bits per heavy atom. The van der Waals surface area contributed by atoms with Crippen LogP contribution in [0.2, 0.25) is 5.28 Å². The first-order valence-electron chi connectivity index (χ1n) is 5.49. The number of benzene rings is 1. The number of hydrogen-bond acceptors (Lipinski definition) is 4. The Morgan fingerprint density at radius 1 is 1.28 bits per heavy atom. The van der Waals surface area contributed by atoms with Crippen LogP contribution in [0.5, 0.6) is 6.01 Å². The Kier molecular flexibility index (Phi) is 4.49. The molecule has 4 nitrogen and oxygen atoms in total. The van der Waals surface area contributed by atoms with Gasteiger partial charge in [-0.25, -0.2) is 0 Å². The molecule has 1 heterocycles. The summed E-state index contributed by atoms with van der Waals surface area (Å²) in [6, 6.07) is 7.91. The van der Waals surface area contributed by atoms with Gasteiger partial charge in [-0.05, 0) is 30.2 Å². The average molecular weight is 329 g/mol. The van der Waals surface area contributed by atoms with E-state index in [1.807, 2.05) is 31.2 Å². The maximum atomic E-state index is 5.86. The molecule has 2 rings (SSSR count). The van der Waals surface area contributed by atoms with Crippen molar-refractivity contribution in [2.24, 2.45) is 0 Å². The molecule has 0 amide bonds. The molecular formula is C12H11BrClN3O. The smallest absolute Gasteiger partial charge is 0.321 e. The van der Waals surface area contributed by atoms with Crippen molar-refractivity contribution in [1.82, 2.24) is 15.0 Å². The third kappa shape index (κ3) is 3.40. The molecule has 0 saturated heterocycles. The summed E-state index contributed by atoms with van der Waals surface area (Å²) < 4.78 is 6.32. The van der Waals surface area contributed by atoms with Gasteiger partial charge in [0, 0.05) is 10.0 Å². The largest absolute Gasteiger partial charge is 0.463 e. The molecule has 0 aliphatic rings. The van der Waals surface area contributed by atoms with Gasteiger partial charge in [0.15, 0.2) is 5.82 Å². The molecule has 0 unspecified atom stereocenters. The molecule has 0 bridgehead atoms. The Bertz CT molecular complexity index is 551. The molecule has 0 fully saturated rings. The minimum absolute atomic E-state index is 0.131. The third-order valence-corrected chi connectivity index (χ3v) is 2.77. The van der Waals surface area contributed by atoms with E-state index in [0.717, 1.165) is 16.5 Å². The van der Waals surface area contributed by atoms with Crippen LogP contribution in [0, 0.1) is 0 Å². The monoisotopic (exact) mass is 327 g/mol. The van der Waals surface area contributed by atoms with E-state index in [-0.39, 0.29) is 11.3 Å². The SMILES string of the molecule is CCCOc1nc(Cl)nc(-c2cccc(Br)c2)n1. The van der Waals surface area contributed by atoms with Crippen LogP contribution in [0.3, 0.4) is 0 Å². The van der Waals surface area contributed by atoms with Crippen molar-refractivity contribution < 1.29 is 4.74 Å². The van der Waals surface area contributed by atoms with Gasteiger partial charge in [-0.1, -0.05) is 35.0 Å². The summed E-state index contributed by atoms with van der Waals surface area (Å²) in [7, 11) is 0. The van der Waals surface area contributed by atoms with Crippen LogP contribution in [-0.2, 0) is 0 Å². The maximum absolute atomic E-state index is 5.86. The Morgan fingerprint density at radius 3 is 2.83 bits per heavy atom. The standard InChI is InChI=1S/C12H11BrClN3O/c1-2-6-18-12-16-10(15-11(14)17-12)8-4-3-5-9(13)7-8/h3-5,7H,2,6H2,1H3. The van der Waals surface area contributed by atoms with Crippen molar-refractivity contribution in [2.75, 3.05) is 6.61 Å². The maximum Gasteiger partial charge on any atom is 0.321 e. The number of nitrogens with zero attached hydrogens (tertiary/aromatic N) is 3. The van der Waals surface area contributed by atoms with Gasteiger partial charge in [0.2, 0.25) is 5.28 Å². The van der Waals surface area contributed by atoms with E-state index in [0.29, 0.717) is 12.4 Å². The molecule has 0 saturated carbocycles. The van der Waals surface area contributed by atoms with E-state index in [4.69, 9.17) is 16.3 Å². The fraction of sp³-hybridized carbons (Fsp3) is 0.250. The lowest BCUT2D eigenvalue weighted by Gasteiger charge is -2.05. The first-order chi connectivity index (χ1) is 8.69. The summed E-state index contributed by atoms with van der Waals surface area (Å²) >= 11 is 9.27. The van der Waals surface area contributed by atoms with Gasteiger partial charge in [-0.15, -0.1) is 0 Å². The van der Waals surface area contributed by atoms with Gasteiger partial charge in [0.05, 0.1) is 6.61 Å². The number of ether oxygens (including phenoxy) is 1. The molecule has 94 valence electrons. The molecule has 0 N–H and O–H groups in total. The summed E-state index contributed by atoms with van der Waals surface area (Å²) in [6.45, 7) is 2.57. The minimum atomic E-state index is 0.131. The molecule has 0 radical (unpaired) electrons. The van der Waals surface area contributed by atoms with Gasteiger partial charge in [-0.3, -0.25) is 0 Å². The van der Waals surface area contributed by atoms with Gasteiger partial charge in [-0.2, -0.15) is 15.0 Å². The predicted molar refractivity (Wildman–Crippen MR) is 73.8 cm³/mol. The Balaban J connectivity index is 2.35. The average Bonchev–Trinajstić information content (AvgIpc) is 2.36. The van der Waals surface area contributed by atoms with Crippen LogP contribution in [0.4, 0.5) is 0 Å². The molecule has 0 aliphatic heterocycles. The van der Waals surface area contributed by atoms with Gasteiger partial charge in [0.1, 0.15) is 0 Å². The topological polar surface area (TPSA) is 47.9 Å². The first kappa shape index (κ1) is 13.2. The van der Waals surface area contributed by atoms with Gasteiger partial charge >= 0.3 is 6.01 Å². The predicted octanol–water partition coefficient (Wildman–Crippen LogP) is 3.74. The van der Waals surface area contributed by atoms with Crippen LogP contribution in [0.25, 0.3) is 11.4 Å². The van der Waals surface area contributed by atoms with Crippen LogP contribution in [0.1, 0.15) is 13.3 Å². The fourth-order valence-electron chi connectivity index (χ4n) is 1.35. The van der Waals surface area contributed by atoms with Gasteiger partial charge < -0.3 is 4.74 Å². The van der Waals surface area contributed by atoms with E-state index < -0.39 is 0 Å². The highest BCUT2D eigenvalue weighted by Crippen LogP contribution is 2.22. The zero-order valence-corrected chi connectivity index (χ0v) is 12.1. The Hall–Kier alpha value is -1.20. The second-order valence-electron chi connectivity index (χ2n) is 3.57. The summed E-state index contributed by atoms with van der Waals surface area (Å²) in [5.41, 5.74) is 0.857. The van der Waals surface area contributed by atoms with Crippen molar-refractivity contribution in [2.45, 2.75) is 13.3 Å². The summed E-state index contributed by atoms with van der Waals surface area (Å²) in [4.78, 5) is 12.3. The highest BCUT2D eigenvalue weighted by Gasteiger charge is 2.08. The minimum Gasteiger partial charge on any atom is -0.463 e. The zero-order chi connectivity index (χ0) is 13.0. The molecule has 1 aromatic heterocycles. The fourth-order valence-corrected chi connectivity index (χ4v) is 1.90. The van der Waals surface area contributed by atoms with Crippen LogP contribution in [-0.4, -0.2) is 21.6 Å². The number of halogens is 2. The summed E-state index contributed by atoms with van der Waals surface area (Å²) in [5, 5.41) is 0.131. The molecule has 0 aliphatic carbocycles. The van der Waals surface area contributed by atoms with Crippen molar-refractivity contribution in [3.63, 3.8) is 0 Å². The Labute approximate surface area is 119 Å². The van der Waals surface area contributed by atoms with Gasteiger partial charge in [0.25, 0.3) is 0 Å². The number of aromatic nitrogens is 3. The second-order valence-corrected chi connectivity index (χ2v) is 4.82. The lowest BCUT2D eigenvalue weighted by Crippen LogP contribution is -2.02. The number of hydrogen-bond donors (Lipinski definition) is 0. The highest BCUT2D eigenvalue weighted by atomic mass is 79.9. The summed E-state index contributed by atoms with van der Waals surface area (Å²) in [6.07, 6.45) is 0.884. The van der Waals surface area contributed by atoms with E-state index in [2.05, 4.69) is 30.9 Å². The van der Waals surface area contributed by atoms with E-state index in [9.17, 15) is 0 Å². The van der Waals surface area contributed by atoms with Crippen molar-refractivity contribution in [1.29, 1.82) is 0 Å². The zero-order valence-electron chi connectivity index (χ0n) is 9.73. The lowest BCUT2D eigenvalue weighted by atomic mass is 10.2. The van der Waals surface area contributed by atoms with E-state index in [1.165, 1.54) is 0 Å². The molecule has 6 heteroatoms. The third-order valence-electron chi connectivity index (χ3n) is 2.11. The lowest BCUT2D eigenvalue weighted by molar-refractivity contribution is 0.291. The summed E-state index contributed by atoms with van der Waals surface area (Å²) in [5.74, 6) is 0.502. The van der Waals surface area contributed by atoms with Crippen LogP contribution in [0.15, 0.2) is 28.7 Å². The number of rotatable bonds is 4. The van der Waals surface area contributed by atoms with E-state index >= 15 is 0 Å². The first-order valence-corrected chi connectivity index (χ1v) is 6.66. The quantitative estimate of drug-likeness (QED) is 0.858. The van der Waals surface area contributed by atoms with Crippen molar-refractivity contribution >= 4 is 27.5 Å². The molecule has 2 aromatic rings.